The zero-order valence-corrected chi connectivity index (χ0v) is 8.81. The van der Waals surface area contributed by atoms with Gasteiger partial charge in [-0.2, -0.15) is 5.26 Å². The van der Waals surface area contributed by atoms with Crippen molar-refractivity contribution in [2.45, 2.75) is 12.8 Å². The Morgan fingerprint density at radius 3 is 3.00 bits per heavy atom. The minimum atomic E-state index is -0.0985. The quantitative estimate of drug-likeness (QED) is 0.751. The molecule has 0 heterocycles. The molecule has 2 rings (SSSR count). The standard InChI is InChI=1S/C14H11NO/c15-10-9-14(16)13-8-4-2-6-11-5-1-3-7-12(11)13/h1-3,5-8H,4,9H2. The SMILES string of the molecule is N#CCC(=O)C1=CCC=Cc2ccccc21. The highest BCUT2D eigenvalue weighted by Crippen LogP contribution is 2.25. The second-order valence-corrected chi connectivity index (χ2v) is 3.60. The fraction of sp³-hybridized carbons (Fsp3) is 0.143. The van der Waals surface area contributed by atoms with Crippen LogP contribution in [0.3, 0.4) is 0 Å². The molecule has 16 heavy (non-hydrogen) atoms. The Hall–Kier alpha value is -2.14. The van der Waals surface area contributed by atoms with Gasteiger partial charge in [0.1, 0.15) is 0 Å². The number of rotatable bonds is 2. The van der Waals surface area contributed by atoms with Crippen LogP contribution in [0.1, 0.15) is 24.0 Å². The van der Waals surface area contributed by atoms with E-state index in [-0.39, 0.29) is 12.2 Å². The monoisotopic (exact) mass is 209 g/mol. The minimum absolute atomic E-state index is 0.0554. The topological polar surface area (TPSA) is 40.9 Å². The molecule has 2 heteroatoms. The lowest BCUT2D eigenvalue weighted by Gasteiger charge is -2.06. The summed E-state index contributed by atoms with van der Waals surface area (Å²) in [6.07, 6.45) is 6.60. The van der Waals surface area contributed by atoms with Crippen molar-refractivity contribution >= 4 is 17.4 Å². The number of nitrogens with zero attached hydrogens (tertiary/aromatic N) is 1. The summed E-state index contributed by atoms with van der Waals surface area (Å²) in [5.74, 6) is -0.0985. The smallest absolute Gasteiger partial charge is 0.177 e. The molecular weight excluding hydrogens is 198 g/mol. The third-order valence-electron chi connectivity index (χ3n) is 2.55. The Kier molecular flexibility index (Phi) is 2.98. The van der Waals surface area contributed by atoms with Crippen LogP contribution in [0.25, 0.3) is 11.6 Å². The molecule has 1 aromatic rings. The number of hydrogen-bond donors (Lipinski definition) is 0. The molecule has 1 aliphatic carbocycles. The number of ketones is 1. The zero-order valence-electron chi connectivity index (χ0n) is 8.81. The van der Waals surface area contributed by atoms with Gasteiger partial charge in [-0.15, -0.1) is 0 Å². The van der Waals surface area contributed by atoms with Crippen molar-refractivity contribution in [2.75, 3.05) is 0 Å². The number of fused-ring (bicyclic) bond motifs is 1. The van der Waals surface area contributed by atoms with E-state index in [1.165, 1.54) is 0 Å². The van der Waals surface area contributed by atoms with Crippen molar-refractivity contribution in [1.82, 2.24) is 0 Å². The average molecular weight is 209 g/mol. The van der Waals surface area contributed by atoms with Crippen molar-refractivity contribution in [3.63, 3.8) is 0 Å². The van der Waals surface area contributed by atoms with Gasteiger partial charge in [0, 0.05) is 5.57 Å². The van der Waals surface area contributed by atoms with Gasteiger partial charge in [-0.05, 0) is 17.5 Å². The van der Waals surface area contributed by atoms with Gasteiger partial charge >= 0.3 is 0 Å². The number of allylic oxidation sites excluding steroid dienone is 3. The number of hydrogen-bond acceptors (Lipinski definition) is 2. The number of nitriles is 1. The number of carbonyl (C=O) groups excluding carboxylic acids is 1. The fourth-order valence-electron chi connectivity index (χ4n) is 1.81. The molecule has 78 valence electrons. The molecule has 0 N–H and O–H groups in total. The summed E-state index contributed by atoms with van der Waals surface area (Å²) in [7, 11) is 0. The number of carbonyl (C=O) groups is 1. The molecule has 0 aliphatic heterocycles. The van der Waals surface area contributed by atoms with Gasteiger partial charge in [0.2, 0.25) is 0 Å². The van der Waals surface area contributed by atoms with Crippen LogP contribution in [0.5, 0.6) is 0 Å². The molecule has 0 saturated carbocycles. The molecule has 0 atom stereocenters. The van der Waals surface area contributed by atoms with E-state index in [2.05, 4.69) is 0 Å². The fourth-order valence-corrected chi connectivity index (χ4v) is 1.81. The van der Waals surface area contributed by atoms with Crippen LogP contribution in [0.4, 0.5) is 0 Å². The van der Waals surface area contributed by atoms with Gasteiger partial charge < -0.3 is 0 Å². The van der Waals surface area contributed by atoms with E-state index >= 15 is 0 Å². The Labute approximate surface area is 94.5 Å². The van der Waals surface area contributed by atoms with E-state index in [4.69, 9.17) is 5.26 Å². The highest BCUT2D eigenvalue weighted by Gasteiger charge is 2.14. The van der Waals surface area contributed by atoms with E-state index in [1.807, 2.05) is 48.6 Å². The summed E-state index contributed by atoms with van der Waals surface area (Å²) in [4.78, 5) is 11.8. The molecule has 0 amide bonds. The summed E-state index contributed by atoms with van der Waals surface area (Å²) in [5.41, 5.74) is 2.64. The first-order chi connectivity index (χ1) is 7.83. The van der Waals surface area contributed by atoms with Crippen LogP contribution < -0.4 is 0 Å². The van der Waals surface area contributed by atoms with E-state index in [1.54, 1.807) is 0 Å². The Bertz CT molecular complexity index is 518. The summed E-state index contributed by atoms with van der Waals surface area (Å²) >= 11 is 0. The molecule has 1 aromatic carbocycles. The van der Waals surface area contributed by atoms with Gasteiger partial charge in [-0.1, -0.05) is 42.5 Å². The maximum atomic E-state index is 11.8. The maximum absolute atomic E-state index is 11.8. The first-order valence-corrected chi connectivity index (χ1v) is 5.19. The second-order valence-electron chi connectivity index (χ2n) is 3.60. The van der Waals surface area contributed by atoms with Crippen LogP contribution >= 0.6 is 0 Å². The molecule has 0 bridgehead atoms. The van der Waals surface area contributed by atoms with Crippen LogP contribution in [0, 0.1) is 11.3 Å². The molecule has 0 fully saturated rings. The Morgan fingerprint density at radius 1 is 1.38 bits per heavy atom. The van der Waals surface area contributed by atoms with Crippen LogP contribution in [-0.2, 0) is 4.79 Å². The van der Waals surface area contributed by atoms with Gasteiger partial charge in [0.05, 0.1) is 12.5 Å². The van der Waals surface area contributed by atoms with Crippen molar-refractivity contribution in [2.24, 2.45) is 0 Å². The van der Waals surface area contributed by atoms with E-state index in [9.17, 15) is 4.79 Å². The first-order valence-electron chi connectivity index (χ1n) is 5.19. The first kappa shape index (κ1) is 10.4. The van der Waals surface area contributed by atoms with Crippen LogP contribution in [0.15, 0.2) is 36.4 Å². The van der Waals surface area contributed by atoms with E-state index in [0.717, 1.165) is 17.5 Å². The number of benzene rings is 1. The average Bonchev–Trinajstić information content (AvgIpc) is 2.51. The van der Waals surface area contributed by atoms with Crippen molar-refractivity contribution in [3.05, 3.63) is 47.5 Å². The molecule has 0 saturated heterocycles. The van der Waals surface area contributed by atoms with Crippen LogP contribution in [-0.4, -0.2) is 5.78 Å². The lowest BCUT2D eigenvalue weighted by Crippen LogP contribution is -2.01. The predicted molar refractivity (Wildman–Crippen MR) is 63.3 cm³/mol. The second kappa shape index (κ2) is 4.59. The normalized spacial score (nSPS) is 13.3. The predicted octanol–water partition coefficient (Wildman–Crippen LogP) is 2.97. The van der Waals surface area contributed by atoms with Gasteiger partial charge in [0.15, 0.2) is 5.78 Å². The molecule has 0 unspecified atom stereocenters. The maximum Gasteiger partial charge on any atom is 0.177 e. The lowest BCUT2D eigenvalue weighted by atomic mass is 9.96. The Balaban J connectivity index is 2.47. The van der Waals surface area contributed by atoms with E-state index < -0.39 is 0 Å². The third-order valence-corrected chi connectivity index (χ3v) is 2.55. The minimum Gasteiger partial charge on any atom is -0.293 e. The van der Waals surface area contributed by atoms with Crippen molar-refractivity contribution in [3.8, 4) is 6.07 Å². The third kappa shape index (κ3) is 1.94. The van der Waals surface area contributed by atoms with E-state index in [0.29, 0.717) is 5.57 Å². The molecule has 0 spiro atoms. The summed E-state index contributed by atoms with van der Waals surface area (Å²) in [6.45, 7) is 0. The van der Waals surface area contributed by atoms with Gasteiger partial charge in [-0.3, -0.25) is 4.79 Å². The van der Waals surface area contributed by atoms with Crippen LogP contribution in [0.2, 0.25) is 0 Å². The summed E-state index contributed by atoms with van der Waals surface area (Å²) in [6, 6.07) is 9.66. The number of Topliss-reactive ketones (excluding diaryl/α,β-unsaturated/α-hetero) is 1. The van der Waals surface area contributed by atoms with Crippen molar-refractivity contribution in [1.29, 1.82) is 5.26 Å². The molecule has 2 nitrogen and oxygen atoms in total. The van der Waals surface area contributed by atoms with Gasteiger partial charge in [-0.25, -0.2) is 0 Å². The zero-order chi connectivity index (χ0) is 11.4. The summed E-state index contributed by atoms with van der Waals surface area (Å²) in [5, 5.41) is 8.57. The largest absolute Gasteiger partial charge is 0.293 e. The Morgan fingerprint density at radius 2 is 2.19 bits per heavy atom. The van der Waals surface area contributed by atoms with Gasteiger partial charge in [0.25, 0.3) is 0 Å². The summed E-state index contributed by atoms with van der Waals surface area (Å²) < 4.78 is 0. The van der Waals surface area contributed by atoms with Crippen molar-refractivity contribution < 1.29 is 4.79 Å². The molecule has 0 radical (unpaired) electrons. The highest BCUT2D eigenvalue weighted by molar-refractivity contribution is 6.22. The molecular formula is C14H11NO. The highest BCUT2D eigenvalue weighted by atomic mass is 16.1. The molecule has 1 aliphatic rings. The lowest BCUT2D eigenvalue weighted by molar-refractivity contribution is -0.112. The molecule has 0 aromatic heterocycles.